The van der Waals surface area contributed by atoms with E-state index in [4.69, 9.17) is 0 Å². The molecule has 0 saturated carbocycles. The van der Waals surface area contributed by atoms with E-state index in [2.05, 4.69) is 5.32 Å². The Balaban J connectivity index is 1.78. The first-order valence-electron chi connectivity index (χ1n) is 8.57. The molecule has 1 amide bonds. The van der Waals surface area contributed by atoms with Crippen molar-refractivity contribution in [3.8, 4) is 10.4 Å². The molecule has 0 aliphatic heterocycles. The minimum Gasteiger partial charge on any atom is -0.478 e. The lowest BCUT2D eigenvalue weighted by molar-refractivity contribution is -0.113. The number of anilines is 1. The highest BCUT2D eigenvalue weighted by Crippen LogP contribution is 2.37. The van der Waals surface area contributed by atoms with Gasteiger partial charge in [0.25, 0.3) is 5.92 Å². The number of carbonyl (C=O) groups is 2. The molecule has 0 spiro atoms. The van der Waals surface area contributed by atoms with Crippen LogP contribution in [0.2, 0.25) is 0 Å². The number of carboxylic acids is 1. The van der Waals surface area contributed by atoms with Gasteiger partial charge in [0.1, 0.15) is 5.56 Å². The van der Waals surface area contributed by atoms with Crippen LogP contribution in [0.25, 0.3) is 10.4 Å². The fourth-order valence-corrected chi connectivity index (χ4v) is 4.36. The number of halogens is 2. The van der Waals surface area contributed by atoms with Gasteiger partial charge < -0.3 is 10.4 Å². The van der Waals surface area contributed by atoms with Crippen molar-refractivity contribution < 1.29 is 23.5 Å². The van der Waals surface area contributed by atoms with Crippen molar-refractivity contribution in [2.75, 3.05) is 11.1 Å². The first-order valence-corrected chi connectivity index (χ1v) is 10.4. The number of aromatic carboxylic acids is 1. The van der Waals surface area contributed by atoms with Crippen LogP contribution in [0, 0.1) is 0 Å². The molecule has 1 heterocycles. The predicted octanol–water partition coefficient (Wildman–Crippen LogP) is 5.96. The number of benzene rings is 2. The summed E-state index contributed by atoms with van der Waals surface area (Å²) in [4.78, 5) is 25.4. The number of carbonyl (C=O) groups excluding carboxylic acids is 1. The Hall–Kier alpha value is -2.71. The summed E-state index contributed by atoms with van der Waals surface area (Å²) in [7, 11) is 0. The van der Waals surface area contributed by atoms with Gasteiger partial charge in [0.05, 0.1) is 16.3 Å². The van der Waals surface area contributed by atoms with Gasteiger partial charge in [-0.3, -0.25) is 4.79 Å². The van der Waals surface area contributed by atoms with Gasteiger partial charge in [0.2, 0.25) is 5.91 Å². The summed E-state index contributed by atoms with van der Waals surface area (Å²) in [6, 6.07) is 14.8. The molecule has 0 unspecified atom stereocenters. The summed E-state index contributed by atoms with van der Waals surface area (Å²) in [5, 5.41) is 13.8. The lowest BCUT2D eigenvalue weighted by atomic mass is 10.0. The third-order valence-electron chi connectivity index (χ3n) is 4.05. The molecule has 1 aromatic heterocycles. The zero-order chi connectivity index (χ0) is 21.0. The lowest BCUT2D eigenvalue weighted by Gasteiger charge is -2.11. The molecule has 4 nitrogen and oxygen atoms in total. The molecule has 0 radical (unpaired) electrons. The van der Waals surface area contributed by atoms with Gasteiger partial charge in [-0.1, -0.05) is 42.5 Å². The van der Waals surface area contributed by atoms with E-state index < -0.39 is 11.9 Å². The number of hydrogen-bond donors (Lipinski definition) is 2. The summed E-state index contributed by atoms with van der Waals surface area (Å²) in [5.41, 5.74) is 0.492. The number of thiophene rings is 1. The number of hydrogen-bond acceptors (Lipinski definition) is 4. The number of nitrogens with one attached hydrogen (secondary N) is 1. The van der Waals surface area contributed by atoms with Crippen LogP contribution in [0.3, 0.4) is 0 Å². The van der Waals surface area contributed by atoms with Gasteiger partial charge in [-0.2, -0.15) is 0 Å². The van der Waals surface area contributed by atoms with E-state index in [0.717, 1.165) is 23.2 Å². The Bertz CT molecular complexity index is 1010. The fraction of sp³-hybridized carbons (Fsp3) is 0.143. The predicted molar refractivity (Wildman–Crippen MR) is 112 cm³/mol. The molecule has 3 rings (SSSR count). The van der Waals surface area contributed by atoms with Crippen molar-refractivity contribution in [2.45, 2.75) is 17.7 Å². The van der Waals surface area contributed by atoms with Crippen molar-refractivity contribution in [1.29, 1.82) is 0 Å². The summed E-state index contributed by atoms with van der Waals surface area (Å²) >= 11 is 2.48. The molecule has 150 valence electrons. The normalized spacial score (nSPS) is 11.3. The second-order valence-corrected chi connectivity index (χ2v) is 8.20. The van der Waals surface area contributed by atoms with E-state index in [1.165, 1.54) is 36.0 Å². The lowest BCUT2D eigenvalue weighted by Crippen LogP contribution is -2.15. The topological polar surface area (TPSA) is 66.4 Å². The Morgan fingerprint density at radius 1 is 1.10 bits per heavy atom. The Morgan fingerprint density at radius 2 is 1.76 bits per heavy atom. The maximum Gasteiger partial charge on any atom is 0.339 e. The van der Waals surface area contributed by atoms with Gasteiger partial charge in [0.15, 0.2) is 0 Å². The van der Waals surface area contributed by atoms with Gasteiger partial charge in [-0.15, -0.1) is 23.1 Å². The van der Waals surface area contributed by atoms with Crippen LogP contribution < -0.4 is 5.32 Å². The average molecular weight is 434 g/mol. The summed E-state index contributed by atoms with van der Waals surface area (Å²) < 4.78 is 26.8. The van der Waals surface area contributed by atoms with Crippen LogP contribution in [0.5, 0.6) is 0 Å². The van der Waals surface area contributed by atoms with E-state index in [0.29, 0.717) is 10.4 Å². The first-order chi connectivity index (χ1) is 13.8. The number of rotatable bonds is 7. The average Bonchev–Trinajstić information content (AvgIpc) is 3.10. The second kappa shape index (κ2) is 8.75. The Kier molecular flexibility index (Phi) is 6.34. The van der Waals surface area contributed by atoms with E-state index >= 15 is 0 Å². The minimum atomic E-state index is -2.97. The molecule has 29 heavy (non-hydrogen) atoms. The molecular formula is C21H17F2NO3S2. The molecule has 0 saturated heterocycles. The van der Waals surface area contributed by atoms with Crippen molar-refractivity contribution in [3.63, 3.8) is 0 Å². The molecule has 0 atom stereocenters. The molecule has 3 aromatic rings. The highest BCUT2D eigenvalue weighted by Gasteiger charge is 2.25. The standard InChI is InChI=1S/C21H17F2NO3S2/c1-21(22,23)14-9-7-13(8-10-14)19-18(20(26)27)16(11-29-19)24-17(25)12-28-15-5-3-2-4-6-15/h2-11H,12H2,1H3,(H,24,25)(H,26,27). The third kappa shape index (κ3) is 5.21. The summed E-state index contributed by atoms with van der Waals surface area (Å²) in [5.74, 6) is -4.36. The maximum absolute atomic E-state index is 13.4. The van der Waals surface area contributed by atoms with E-state index in [1.807, 2.05) is 30.3 Å². The smallest absolute Gasteiger partial charge is 0.339 e. The maximum atomic E-state index is 13.4. The fourth-order valence-electron chi connectivity index (χ4n) is 2.64. The van der Waals surface area contributed by atoms with Crippen LogP contribution >= 0.6 is 23.1 Å². The number of amides is 1. The first kappa shape index (κ1) is 21.0. The van der Waals surface area contributed by atoms with Crippen molar-refractivity contribution in [3.05, 3.63) is 71.1 Å². The second-order valence-electron chi connectivity index (χ2n) is 6.27. The van der Waals surface area contributed by atoms with Gasteiger partial charge >= 0.3 is 5.97 Å². The van der Waals surface area contributed by atoms with Crippen molar-refractivity contribution in [2.24, 2.45) is 0 Å². The van der Waals surface area contributed by atoms with Crippen LogP contribution in [0.1, 0.15) is 22.8 Å². The van der Waals surface area contributed by atoms with Crippen molar-refractivity contribution in [1.82, 2.24) is 0 Å². The van der Waals surface area contributed by atoms with Crippen LogP contribution in [0.15, 0.2) is 64.9 Å². The Morgan fingerprint density at radius 3 is 2.34 bits per heavy atom. The summed E-state index contributed by atoms with van der Waals surface area (Å²) in [6.45, 7) is 0.803. The number of alkyl halides is 2. The molecule has 2 aromatic carbocycles. The molecule has 0 fully saturated rings. The highest BCUT2D eigenvalue weighted by molar-refractivity contribution is 8.00. The summed E-state index contributed by atoms with van der Waals surface area (Å²) in [6.07, 6.45) is 0. The zero-order valence-corrected chi connectivity index (χ0v) is 16.9. The molecule has 2 N–H and O–H groups in total. The van der Waals surface area contributed by atoms with E-state index in [-0.39, 0.29) is 28.5 Å². The van der Waals surface area contributed by atoms with Crippen LogP contribution in [-0.2, 0) is 10.7 Å². The molecular weight excluding hydrogens is 416 g/mol. The van der Waals surface area contributed by atoms with Gasteiger partial charge in [-0.25, -0.2) is 13.6 Å². The van der Waals surface area contributed by atoms with Crippen molar-refractivity contribution >= 4 is 40.7 Å². The monoisotopic (exact) mass is 433 g/mol. The molecule has 0 aliphatic carbocycles. The van der Waals surface area contributed by atoms with Crippen LogP contribution in [-0.4, -0.2) is 22.7 Å². The van der Waals surface area contributed by atoms with Gasteiger partial charge in [0, 0.05) is 22.8 Å². The highest BCUT2D eigenvalue weighted by atomic mass is 32.2. The molecule has 8 heteroatoms. The van der Waals surface area contributed by atoms with E-state index in [9.17, 15) is 23.5 Å². The van der Waals surface area contributed by atoms with E-state index in [1.54, 1.807) is 5.38 Å². The third-order valence-corrected chi connectivity index (χ3v) is 6.09. The Labute approximate surface area is 174 Å². The van der Waals surface area contributed by atoms with Crippen LogP contribution in [0.4, 0.5) is 14.5 Å². The molecule has 0 aliphatic rings. The van der Waals surface area contributed by atoms with Gasteiger partial charge in [-0.05, 0) is 17.7 Å². The quantitative estimate of drug-likeness (QED) is 0.452. The zero-order valence-electron chi connectivity index (χ0n) is 15.3. The molecule has 0 bridgehead atoms. The number of thioether (sulfide) groups is 1. The minimum absolute atomic E-state index is 0.0518. The number of carboxylic acid groups (broad SMARTS) is 1. The largest absolute Gasteiger partial charge is 0.478 e. The SMILES string of the molecule is CC(F)(F)c1ccc(-c2scc(NC(=O)CSc3ccccc3)c2C(=O)O)cc1.